The molecule has 2 rings (SSSR count). The number of aliphatic imine (C=N–C) groups is 1. The van der Waals surface area contributed by atoms with Gasteiger partial charge in [-0.15, -0.1) is 6.58 Å². The van der Waals surface area contributed by atoms with Gasteiger partial charge in [0.1, 0.15) is 0 Å². The molecule has 114 valence electrons. The molecule has 3 N–H and O–H groups in total. The normalized spacial score (nSPS) is 24.0. The lowest BCUT2D eigenvalue weighted by atomic mass is 9.80. The highest BCUT2D eigenvalue weighted by Gasteiger charge is 2.34. The summed E-state index contributed by atoms with van der Waals surface area (Å²) < 4.78 is 0. The van der Waals surface area contributed by atoms with E-state index in [2.05, 4.69) is 27.1 Å². The zero-order valence-corrected chi connectivity index (χ0v) is 12.6. The molecule has 0 radical (unpaired) electrons. The van der Waals surface area contributed by atoms with Crippen LogP contribution in [0.25, 0.3) is 0 Å². The quantitative estimate of drug-likeness (QED) is 0.394. The molecule has 0 amide bonds. The van der Waals surface area contributed by atoms with Gasteiger partial charge in [0, 0.05) is 39.3 Å². The molecule has 0 spiro atoms. The Kier molecular flexibility index (Phi) is 5.43. The van der Waals surface area contributed by atoms with Crippen molar-refractivity contribution in [2.45, 2.75) is 43.7 Å². The molecule has 1 heterocycles. The van der Waals surface area contributed by atoms with Gasteiger partial charge in [-0.1, -0.05) is 6.08 Å². The van der Waals surface area contributed by atoms with Crippen molar-refractivity contribution in [3.63, 3.8) is 0 Å². The molecule has 0 atom stereocenters. The molecule has 0 aromatic heterocycles. The van der Waals surface area contributed by atoms with Crippen LogP contribution in [-0.4, -0.2) is 60.8 Å². The first-order valence-electron chi connectivity index (χ1n) is 7.68. The summed E-state index contributed by atoms with van der Waals surface area (Å²) in [5.41, 5.74) is -0.509. The molecular weight excluding hydrogens is 252 g/mol. The van der Waals surface area contributed by atoms with Crippen molar-refractivity contribution in [1.82, 2.24) is 15.5 Å². The van der Waals surface area contributed by atoms with Gasteiger partial charge in [0.2, 0.25) is 0 Å². The maximum Gasteiger partial charge on any atom is 0.191 e. The molecule has 0 aromatic rings. The first kappa shape index (κ1) is 15.3. The van der Waals surface area contributed by atoms with Gasteiger partial charge in [-0.3, -0.25) is 9.89 Å². The Bertz CT molecular complexity index is 344. The van der Waals surface area contributed by atoms with Crippen molar-refractivity contribution >= 4 is 5.96 Å². The number of nitrogens with zero attached hydrogens (tertiary/aromatic N) is 2. The Labute approximate surface area is 122 Å². The Morgan fingerprint density at radius 1 is 1.45 bits per heavy atom. The molecule has 0 aromatic carbocycles. The zero-order valence-electron chi connectivity index (χ0n) is 12.6. The number of hydrogen-bond acceptors (Lipinski definition) is 3. The van der Waals surface area contributed by atoms with Crippen LogP contribution in [0.1, 0.15) is 32.1 Å². The summed E-state index contributed by atoms with van der Waals surface area (Å²) in [6.45, 7) is 7.57. The summed E-state index contributed by atoms with van der Waals surface area (Å²) in [7, 11) is 1.78. The van der Waals surface area contributed by atoms with Gasteiger partial charge in [-0.2, -0.15) is 0 Å². The van der Waals surface area contributed by atoms with Crippen LogP contribution in [0.4, 0.5) is 0 Å². The molecule has 20 heavy (non-hydrogen) atoms. The van der Waals surface area contributed by atoms with Crippen molar-refractivity contribution in [2.24, 2.45) is 4.99 Å². The molecule has 1 saturated carbocycles. The standard InChI is InChI=1S/C15H28N4O/c1-3-9-19-10-5-13(6-11-19)18-14(16-2)17-12-15(20)7-4-8-15/h3,13,20H,1,4-12H2,2H3,(H2,16,17,18). The van der Waals surface area contributed by atoms with Crippen molar-refractivity contribution in [3.8, 4) is 0 Å². The number of nitrogens with one attached hydrogen (secondary N) is 2. The molecule has 0 unspecified atom stereocenters. The Morgan fingerprint density at radius 3 is 2.65 bits per heavy atom. The maximum atomic E-state index is 10.1. The second-order valence-electron chi connectivity index (χ2n) is 6.01. The zero-order chi connectivity index (χ0) is 14.4. The summed E-state index contributed by atoms with van der Waals surface area (Å²) >= 11 is 0. The summed E-state index contributed by atoms with van der Waals surface area (Å²) in [6.07, 6.45) is 7.14. The van der Waals surface area contributed by atoms with Crippen LogP contribution in [0.2, 0.25) is 0 Å². The molecule has 5 heteroatoms. The fourth-order valence-electron chi connectivity index (χ4n) is 2.84. The van der Waals surface area contributed by atoms with Crippen molar-refractivity contribution in [3.05, 3.63) is 12.7 Å². The fraction of sp³-hybridized carbons (Fsp3) is 0.800. The number of piperidine rings is 1. The van der Waals surface area contributed by atoms with E-state index in [1.165, 1.54) is 0 Å². The highest BCUT2D eigenvalue weighted by molar-refractivity contribution is 5.80. The third-order valence-electron chi connectivity index (χ3n) is 4.41. The van der Waals surface area contributed by atoms with Crippen molar-refractivity contribution in [1.29, 1.82) is 0 Å². The molecule has 2 aliphatic rings. The van der Waals surface area contributed by atoms with Crippen LogP contribution in [0.3, 0.4) is 0 Å². The average Bonchev–Trinajstić information content (AvgIpc) is 2.43. The van der Waals surface area contributed by atoms with Gasteiger partial charge in [0.25, 0.3) is 0 Å². The number of hydrogen-bond donors (Lipinski definition) is 3. The minimum absolute atomic E-state index is 0.471. The summed E-state index contributed by atoms with van der Waals surface area (Å²) in [5.74, 6) is 0.812. The van der Waals surface area contributed by atoms with Crippen molar-refractivity contribution < 1.29 is 5.11 Å². The fourth-order valence-corrected chi connectivity index (χ4v) is 2.84. The van der Waals surface area contributed by atoms with Gasteiger partial charge in [0.05, 0.1) is 5.60 Å². The van der Waals surface area contributed by atoms with Crippen LogP contribution in [0.15, 0.2) is 17.6 Å². The first-order valence-corrected chi connectivity index (χ1v) is 7.68. The van der Waals surface area contributed by atoms with Gasteiger partial charge >= 0.3 is 0 Å². The largest absolute Gasteiger partial charge is 0.388 e. The monoisotopic (exact) mass is 280 g/mol. The van der Waals surface area contributed by atoms with Crippen LogP contribution in [-0.2, 0) is 0 Å². The lowest BCUT2D eigenvalue weighted by molar-refractivity contribution is -0.0279. The second-order valence-corrected chi connectivity index (χ2v) is 6.01. The molecule has 5 nitrogen and oxygen atoms in total. The molecule has 1 aliphatic heterocycles. The smallest absolute Gasteiger partial charge is 0.191 e. The lowest BCUT2D eigenvalue weighted by Crippen LogP contribution is -2.53. The van der Waals surface area contributed by atoms with Gasteiger partial charge < -0.3 is 15.7 Å². The van der Waals surface area contributed by atoms with E-state index in [9.17, 15) is 5.11 Å². The summed E-state index contributed by atoms with van der Waals surface area (Å²) in [5, 5.41) is 16.8. The van der Waals surface area contributed by atoms with E-state index in [1.807, 2.05) is 6.08 Å². The summed E-state index contributed by atoms with van der Waals surface area (Å²) in [4.78, 5) is 6.67. The van der Waals surface area contributed by atoms with Gasteiger partial charge in [-0.05, 0) is 32.1 Å². The average molecular weight is 280 g/mol. The van der Waals surface area contributed by atoms with Crippen LogP contribution in [0, 0.1) is 0 Å². The minimum Gasteiger partial charge on any atom is -0.388 e. The number of aliphatic hydroxyl groups is 1. The van der Waals surface area contributed by atoms with E-state index in [1.54, 1.807) is 7.05 Å². The highest BCUT2D eigenvalue weighted by Crippen LogP contribution is 2.30. The van der Waals surface area contributed by atoms with E-state index < -0.39 is 5.60 Å². The van der Waals surface area contributed by atoms with Gasteiger partial charge in [-0.25, -0.2) is 0 Å². The van der Waals surface area contributed by atoms with E-state index in [-0.39, 0.29) is 0 Å². The Morgan fingerprint density at radius 2 is 2.15 bits per heavy atom. The number of rotatable bonds is 5. The predicted octanol–water partition coefficient (Wildman–Crippen LogP) is 0.717. The van der Waals surface area contributed by atoms with Crippen LogP contribution < -0.4 is 10.6 Å². The van der Waals surface area contributed by atoms with E-state index in [0.717, 1.165) is 57.7 Å². The van der Waals surface area contributed by atoms with Crippen LogP contribution in [0.5, 0.6) is 0 Å². The predicted molar refractivity (Wildman–Crippen MR) is 83.0 cm³/mol. The summed E-state index contributed by atoms with van der Waals surface area (Å²) in [6, 6.07) is 0.471. The SMILES string of the molecule is C=CCN1CCC(NC(=NC)NCC2(O)CCC2)CC1. The molecular formula is C15H28N4O. The first-order chi connectivity index (χ1) is 9.65. The van der Waals surface area contributed by atoms with Gasteiger partial charge in [0.15, 0.2) is 5.96 Å². The van der Waals surface area contributed by atoms with E-state index in [0.29, 0.717) is 12.6 Å². The minimum atomic E-state index is -0.509. The molecule has 2 fully saturated rings. The van der Waals surface area contributed by atoms with E-state index in [4.69, 9.17) is 0 Å². The topological polar surface area (TPSA) is 59.9 Å². The van der Waals surface area contributed by atoms with Crippen molar-refractivity contribution in [2.75, 3.05) is 33.2 Å². The lowest BCUT2D eigenvalue weighted by Gasteiger charge is -2.37. The third kappa shape index (κ3) is 4.21. The number of guanidine groups is 1. The third-order valence-corrected chi connectivity index (χ3v) is 4.41. The number of likely N-dealkylation sites (tertiary alicyclic amines) is 1. The molecule has 0 bridgehead atoms. The molecule has 1 aliphatic carbocycles. The Balaban J connectivity index is 1.70. The Hall–Kier alpha value is -1.07. The van der Waals surface area contributed by atoms with E-state index >= 15 is 0 Å². The highest BCUT2D eigenvalue weighted by atomic mass is 16.3. The maximum absolute atomic E-state index is 10.1. The molecule has 1 saturated heterocycles. The van der Waals surface area contributed by atoms with Crippen LogP contribution >= 0.6 is 0 Å². The second kappa shape index (κ2) is 7.09.